The van der Waals surface area contributed by atoms with Crippen LogP contribution in [0.5, 0.6) is 0 Å². The second kappa shape index (κ2) is 7.17. The second-order valence-electron chi connectivity index (χ2n) is 4.25. The highest BCUT2D eigenvalue weighted by Gasteiger charge is 2.23. The van der Waals surface area contributed by atoms with Gasteiger partial charge in [0, 0.05) is 32.9 Å². The van der Waals surface area contributed by atoms with E-state index in [1.807, 2.05) is 33.0 Å². The van der Waals surface area contributed by atoms with Gasteiger partial charge < -0.3 is 9.64 Å². The van der Waals surface area contributed by atoms with Gasteiger partial charge in [0.25, 0.3) is 5.91 Å². The minimum Gasteiger partial charge on any atom is -0.385 e. The fourth-order valence-corrected chi connectivity index (χ4v) is 2.10. The SMILES string of the molecule is CC.COCCCc1ccc2c(c1)CN(C)C2=O. The van der Waals surface area contributed by atoms with Gasteiger partial charge in [-0.3, -0.25) is 4.79 Å². The predicted molar refractivity (Wildman–Crippen MR) is 73.8 cm³/mol. The molecule has 3 nitrogen and oxygen atoms in total. The summed E-state index contributed by atoms with van der Waals surface area (Å²) < 4.78 is 5.03. The van der Waals surface area contributed by atoms with Crippen molar-refractivity contribution in [3.8, 4) is 0 Å². The third kappa shape index (κ3) is 3.33. The molecule has 100 valence electrons. The number of carbonyl (C=O) groups is 1. The summed E-state index contributed by atoms with van der Waals surface area (Å²) >= 11 is 0. The Morgan fingerprint density at radius 1 is 1.33 bits per heavy atom. The zero-order valence-corrected chi connectivity index (χ0v) is 11.8. The van der Waals surface area contributed by atoms with Crippen LogP contribution >= 0.6 is 0 Å². The van der Waals surface area contributed by atoms with Crippen molar-refractivity contribution in [1.29, 1.82) is 0 Å². The number of carbonyl (C=O) groups excluding carboxylic acids is 1. The molecule has 0 radical (unpaired) electrons. The molecule has 18 heavy (non-hydrogen) atoms. The van der Waals surface area contributed by atoms with Crippen LogP contribution in [0.15, 0.2) is 18.2 Å². The van der Waals surface area contributed by atoms with Crippen LogP contribution in [0.25, 0.3) is 0 Å². The van der Waals surface area contributed by atoms with E-state index in [2.05, 4.69) is 6.07 Å². The van der Waals surface area contributed by atoms with Crippen LogP contribution in [-0.2, 0) is 17.7 Å². The Morgan fingerprint density at radius 2 is 2.06 bits per heavy atom. The molecule has 1 aliphatic heterocycles. The molecule has 1 amide bonds. The van der Waals surface area contributed by atoms with Crippen LogP contribution in [0.2, 0.25) is 0 Å². The van der Waals surface area contributed by atoms with E-state index in [1.54, 1.807) is 12.0 Å². The lowest BCUT2D eigenvalue weighted by atomic mass is 10.0. The molecule has 0 saturated carbocycles. The number of nitrogens with zero attached hydrogens (tertiary/aromatic N) is 1. The number of hydrogen-bond acceptors (Lipinski definition) is 2. The first kappa shape index (κ1) is 14.7. The Bertz CT molecular complexity index is 401. The monoisotopic (exact) mass is 249 g/mol. The Balaban J connectivity index is 0.000000771. The highest BCUT2D eigenvalue weighted by Crippen LogP contribution is 2.22. The lowest BCUT2D eigenvalue weighted by molar-refractivity contribution is 0.0816. The molecule has 1 aliphatic rings. The maximum absolute atomic E-state index is 11.7. The molecule has 0 bridgehead atoms. The van der Waals surface area contributed by atoms with Gasteiger partial charge >= 0.3 is 0 Å². The summed E-state index contributed by atoms with van der Waals surface area (Å²) in [4.78, 5) is 13.4. The molecule has 0 unspecified atom stereocenters. The molecular weight excluding hydrogens is 226 g/mol. The lowest BCUT2D eigenvalue weighted by Gasteiger charge is -2.04. The summed E-state index contributed by atoms with van der Waals surface area (Å²) in [6.45, 7) is 5.53. The third-order valence-corrected chi connectivity index (χ3v) is 2.97. The molecule has 0 aliphatic carbocycles. The number of methoxy groups -OCH3 is 1. The van der Waals surface area contributed by atoms with Gasteiger partial charge in [0.1, 0.15) is 0 Å². The van der Waals surface area contributed by atoms with Gasteiger partial charge in [-0.15, -0.1) is 0 Å². The van der Waals surface area contributed by atoms with Gasteiger partial charge in [0.2, 0.25) is 0 Å². The van der Waals surface area contributed by atoms with Gasteiger partial charge in [-0.2, -0.15) is 0 Å². The smallest absolute Gasteiger partial charge is 0.254 e. The Hall–Kier alpha value is -1.35. The third-order valence-electron chi connectivity index (χ3n) is 2.97. The van der Waals surface area contributed by atoms with Crippen molar-refractivity contribution in [3.63, 3.8) is 0 Å². The summed E-state index contributed by atoms with van der Waals surface area (Å²) in [5.41, 5.74) is 3.30. The minimum atomic E-state index is 0.137. The van der Waals surface area contributed by atoms with Crippen LogP contribution in [-0.4, -0.2) is 31.6 Å². The molecule has 0 atom stereocenters. The van der Waals surface area contributed by atoms with Crippen molar-refractivity contribution in [2.75, 3.05) is 20.8 Å². The van der Waals surface area contributed by atoms with Gasteiger partial charge in [-0.05, 0) is 30.0 Å². The van der Waals surface area contributed by atoms with Crippen molar-refractivity contribution in [3.05, 3.63) is 34.9 Å². The first-order valence-corrected chi connectivity index (χ1v) is 6.58. The highest BCUT2D eigenvalue weighted by atomic mass is 16.5. The maximum Gasteiger partial charge on any atom is 0.254 e. The quantitative estimate of drug-likeness (QED) is 0.768. The first-order valence-electron chi connectivity index (χ1n) is 6.58. The van der Waals surface area contributed by atoms with Crippen molar-refractivity contribution in [1.82, 2.24) is 4.90 Å². The van der Waals surface area contributed by atoms with Gasteiger partial charge in [0.15, 0.2) is 0 Å². The number of benzene rings is 1. The molecule has 0 aromatic heterocycles. The van der Waals surface area contributed by atoms with Gasteiger partial charge in [-0.1, -0.05) is 26.0 Å². The zero-order valence-electron chi connectivity index (χ0n) is 11.8. The summed E-state index contributed by atoms with van der Waals surface area (Å²) in [7, 11) is 3.56. The number of ether oxygens (including phenoxy) is 1. The van der Waals surface area contributed by atoms with E-state index in [4.69, 9.17) is 4.74 Å². The zero-order chi connectivity index (χ0) is 13.5. The molecule has 1 aromatic rings. The summed E-state index contributed by atoms with van der Waals surface area (Å²) in [5, 5.41) is 0. The predicted octanol–water partition coefficient (Wildman–Crippen LogP) is 2.88. The van der Waals surface area contributed by atoms with E-state index in [-0.39, 0.29) is 5.91 Å². The molecule has 3 heteroatoms. The summed E-state index contributed by atoms with van der Waals surface area (Å²) in [6.07, 6.45) is 2.04. The Morgan fingerprint density at radius 3 is 2.72 bits per heavy atom. The fourth-order valence-electron chi connectivity index (χ4n) is 2.10. The van der Waals surface area contributed by atoms with Crippen LogP contribution in [0.4, 0.5) is 0 Å². The van der Waals surface area contributed by atoms with E-state index < -0.39 is 0 Å². The van der Waals surface area contributed by atoms with Crippen LogP contribution in [0.1, 0.15) is 41.8 Å². The molecule has 0 N–H and O–H groups in total. The molecule has 1 heterocycles. The molecule has 0 saturated heterocycles. The average Bonchev–Trinajstić information content (AvgIpc) is 2.68. The number of aryl methyl sites for hydroxylation is 1. The van der Waals surface area contributed by atoms with Crippen LogP contribution in [0, 0.1) is 0 Å². The Labute approximate surface area is 110 Å². The molecule has 0 fully saturated rings. The van der Waals surface area contributed by atoms with Crippen LogP contribution in [0.3, 0.4) is 0 Å². The first-order chi connectivity index (χ1) is 8.72. The molecule has 1 aromatic carbocycles. The fraction of sp³-hybridized carbons (Fsp3) is 0.533. The van der Waals surface area contributed by atoms with Gasteiger partial charge in [0.05, 0.1) is 0 Å². The topological polar surface area (TPSA) is 29.5 Å². The van der Waals surface area contributed by atoms with Crippen molar-refractivity contribution < 1.29 is 9.53 Å². The van der Waals surface area contributed by atoms with E-state index in [0.717, 1.165) is 37.1 Å². The number of fused-ring (bicyclic) bond motifs is 1. The summed E-state index contributed by atoms with van der Waals surface area (Å²) in [5.74, 6) is 0.137. The normalized spacial score (nSPS) is 13.1. The van der Waals surface area contributed by atoms with Crippen molar-refractivity contribution in [2.45, 2.75) is 33.2 Å². The number of rotatable bonds is 4. The Kier molecular flexibility index (Phi) is 5.86. The maximum atomic E-state index is 11.7. The molecule has 0 spiro atoms. The second-order valence-corrected chi connectivity index (χ2v) is 4.25. The van der Waals surface area contributed by atoms with Crippen LogP contribution < -0.4 is 0 Å². The van der Waals surface area contributed by atoms with Crippen molar-refractivity contribution >= 4 is 5.91 Å². The number of amides is 1. The van der Waals surface area contributed by atoms with E-state index in [1.165, 1.54) is 5.56 Å². The molecule has 2 rings (SSSR count). The lowest BCUT2D eigenvalue weighted by Crippen LogP contribution is -2.17. The molecular formula is C15H23NO2. The highest BCUT2D eigenvalue weighted by molar-refractivity contribution is 5.98. The minimum absolute atomic E-state index is 0.137. The van der Waals surface area contributed by atoms with E-state index >= 15 is 0 Å². The van der Waals surface area contributed by atoms with Gasteiger partial charge in [-0.25, -0.2) is 0 Å². The van der Waals surface area contributed by atoms with E-state index in [9.17, 15) is 4.79 Å². The van der Waals surface area contributed by atoms with Crippen molar-refractivity contribution in [2.24, 2.45) is 0 Å². The van der Waals surface area contributed by atoms with E-state index in [0.29, 0.717) is 0 Å². The average molecular weight is 249 g/mol. The number of hydrogen-bond donors (Lipinski definition) is 0. The largest absolute Gasteiger partial charge is 0.385 e. The standard InChI is InChI=1S/C13H17NO2.C2H6/c1-14-9-11-8-10(4-3-7-16-2)5-6-12(11)13(14)15;1-2/h5-6,8H,3-4,7,9H2,1-2H3;1-2H3. The summed E-state index contributed by atoms with van der Waals surface area (Å²) in [6, 6.07) is 6.14.